The molecule has 0 unspecified atom stereocenters. The van der Waals surface area contributed by atoms with Gasteiger partial charge in [-0.05, 0) is 32.4 Å². The molecule has 0 atom stereocenters. The molecule has 0 aromatic rings. The largest absolute Gasteiger partial charge is 0.272 e. The van der Waals surface area contributed by atoms with Crippen molar-refractivity contribution >= 4 is 28.6 Å². The fraction of sp³-hybridized carbons (Fsp3) is 0.923. The van der Waals surface area contributed by atoms with Gasteiger partial charge < -0.3 is 0 Å². The van der Waals surface area contributed by atoms with E-state index < -0.39 is 14.8 Å². The van der Waals surface area contributed by atoms with Crippen molar-refractivity contribution in [3.05, 3.63) is 0 Å². The van der Waals surface area contributed by atoms with E-state index in [0.717, 1.165) is 29.3 Å². The number of amides is 1. The minimum Gasteiger partial charge on any atom is -0.272 e. The summed E-state index contributed by atoms with van der Waals surface area (Å²) < 4.78 is 23.5. The number of rotatable bonds is 9. The van der Waals surface area contributed by atoms with Gasteiger partial charge in [-0.2, -0.15) is 12.6 Å². The second kappa shape index (κ2) is 6.97. The second-order valence-electron chi connectivity index (χ2n) is 5.59. The van der Waals surface area contributed by atoms with Gasteiger partial charge >= 0.3 is 0 Å². The zero-order chi connectivity index (χ0) is 14.5. The molecule has 4 nitrogen and oxygen atoms in total. The molecule has 6 heteroatoms. The second-order valence-corrected chi connectivity index (χ2v) is 8.45. The summed E-state index contributed by atoms with van der Waals surface area (Å²) in [6.07, 6.45) is 7.65. The first kappa shape index (κ1) is 16.8. The fourth-order valence-corrected chi connectivity index (χ4v) is 4.02. The van der Waals surface area contributed by atoms with Crippen LogP contribution in [0.25, 0.3) is 0 Å². The van der Waals surface area contributed by atoms with Gasteiger partial charge in [0.25, 0.3) is 15.9 Å². The highest BCUT2D eigenvalue weighted by molar-refractivity contribution is 7.94. The molecular weight excluding hydrogens is 282 g/mol. The molecular formula is C13H25NO3S2. The molecule has 0 aromatic carbocycles. The van der Waals surface area contributed by atoms with E-state index in [0.29, 0.717) is 6.54 Å². The Morgan fingerprint density at radius 2 is 1.47 bits per heavy atom. The summed E-state index contributed by atoms with van der Waals surface area (Å²) >= 11 is 4.16. The predicted octanol–water partition coefficient (Wildman–Crippen LogP) is 2.60. The van der Waals surface area contributed by atoms with Crippen molar-refractivity contribution in [3.8, 4) is 0 Å². The minimum absolute atomic E-state index is 0.263. The third-order valence-electron chi connectivity index (χ3n) is 3.70. The van der Waals surface area contributed by atoms with Crippen LogP contribution in [0.5, 0.6) is 0 Å². The lowest BCUT2D eigenvalue weighted by Gasteiger charge is -2.43. The van der Waals surface area contributed by atoms with Crippen LogP contribution in [0.2, 0.25) is 0 Å². The average molecular weight is 307 g/mol. The summed E-state index contributed by atoms with van der Waals surface area (Å²) in [5.41, 5.74) is 0. The van der Waals surface area contributed by atoms with Crippen LogP contribution in [0, 0.1) is 0 Å². The summed E-state index contributed by atoms with van der Waals surface area (Å²) in [7, 11) is -3.38. The van der Waals surface area contributed by atoms with Crippen LogP contribution in [0.15, 0.2) is 0 Å². The topological polar surface area (TPSA) is 54.5 Å². The van der Waals surface area contributed by atoms with Crippen molar-refractivity contribution in [1.29, 1.82) is 0 Å². The van der Waals surface area contributed by atoms with Crippen LogP contribution in [-0.2, 0) is 14.8 Å². The van der Waals surface area contributed by atoms with Gasteiger partial charge in [-0.3, -0.25) is 4.79 Å². The highest BCUT2D eigenvalue weighted by atomic mass is 32.2. The third-order valence-corrected chi connectivity index (χ3v) is 6.41. The molecule has 0 aromatic heterocycles. The first-order chi connectivity index (χ1) is 8.85. The van der Waals surface area contributed by atoms with Gasteiger partial charge in [0.1, 0.15) is 0 Å². The number of hydrogen-bond donors (Lipinski definition) is 1. The highest BCUT2D eigenvalue weighted by Gasteiger charge is 2.59. The van der Waals surface area contributed by atoms with Crippen LogP contribution in [-0.4, -0.2) is 35.7 Å². The Morgan fingerprint density at radius 3 is 1.95 bits per heavy atom. The summed E-state index contributed by atoms with van der Waals surface area (Å²) in [5.74, 6) is 0.686. The fourth-order valence-electron chi connectivity index (χ4n) is 2.23. The van der Waals surface area contributed by atoms with E-state index in [2.05, 4.69) is 12.6 Å². The maximum absolute atomic E-state index is 11.8. The number of sulfonamides is 1. The number of thiol groups is 1. The standard InChI is InChI=1S/C13H25NO3S2/c1-13(2)12(15)14(19(13,16)17)10-8-6-4-3-5-7-9-11-18/h18H,3-11H2,1-2H3. The Balaban J connectivity index is 2.13. The molecule has 1 amide bonds. The van der Waals surface area contributed by atoms with Gasteiger partial charge in [0.05, 0.1) is 0 Å². The van der Waals surface area contributed by atoms with Gasteiger partial charge in [-0.1, -0.05) is 32.1 Å². The molecule has 1 heterocycles. The number of carbonyl (C=O) groups is 1. The Hall–Kier alpha value is -0.230. The zero-order valence-electron chi connectivity index (χ0n) is 11.9. The van der Waals surface area contributed by atoms with Crippen molar-refractivity contribution in [2.24, 2.45) is 0 Å². The highest BCUT2D eigenvalue weighted by Crippen LogP contribution is 2.34. The first-order valence-corrected chi connectivity index (χ1v) is 9.10. The maximum Gasteiger partial charge on any atom is 0.258 e. The zero-order valence-corrected chi connectivity index (χ0v) is 13.6. The average Bonchev–Trinajstić information content (AvgIpc) is 2.35. The van der Waals surface area contributed by atoms with E-state index in [4.69, 9.17) is 0 Å². The molecule has 19 heavy (non-hydrogen) atoms. The third kappa shape index (κ3) is 3.66. The Kier molecular flexibility index (Phi) is 6.17. The van der Waals surface area contributed by atoms with Gasteiger partial charge in [-0.25, -0.2) is 12.7 Å². The first-order valence-electron chi connectivity index (χ1n) is 7.03. The monoisotopic (exact) mass is 307 g/mol. The number of carbonyl (C=O) groups excluding carboxylic acids is 1. The predicted molar refractivity (Wildman–Crippen MR) is 80.9 cm³/mol. The maximum atomic E-state index is 11.8. The van der Waals surface area contributed by atoms with Crippen molar-refractivity contribution in [2.45, 2.75) is 63.5 Å². The molecule has 0 N–H and O–H groups in total. The molecule has 0 saturated carbocycles. The molecule has 0 aliphatic carbocycles. The lowest BCUT2D eigenvalue weighted by atomic mass is 10.1. The summed E-state index contributed by atoms with van der Waals surface area (Å²) in [5, 5.41) is 0. The van der Waals surface area contributed by atoms with Gasteiger partial charge in [0.15, 0.2) is 4.75 Å². The summed E-state index contributed by atoms with van der Waals surface area (Å²) in [6, 6.07) is 0. The number of nitrogens with zero attached hydrogens (tertiary/aromatic N) is 1. The molecule has 0 spiro atoms. The van der Waals surface area contributed by atoms with Gasteiger partial charge in [0.2, 0.25) is 0 Å². The van der Waals surface area contributed by atoms with E-state index in [1.807, 2.05) is 0 Å². The van der Waals surface area contributed by atoms with Gasteiger partial charge in [-0.15, -0.1) is 0 Å². The van der Waals surface area contributed by atoms with Crippen LogP contribution in [0.1, 0.15) is 58.8 Å². The molecule has 0 radical (unpaired) electrons. The number of unbranched alkanes of at least 4 members (excludes halogenated alkanes) is 6. The molecule has 1 aliphatic heterocycles. The molecule has 1 fully saturated rings. The van der Waals surface area contributed by atoms with Gasteiger partial charge in [0, 0.05) is 6.54 Å². The quantitative estimate of drug-likeness (QED) is 0.526. The van der Waals surface area contributed by atoms with E-state index in [9.17, 15) is 13.2 Å². The Labute approximate surface area is 122 Å². The molecule has 0 bridgehead atoms. The SMILES string of the molecule is CC1(C)C(=O)N(CCCCCCCCCS)S1(=O)=O. The van der Waals surface area contributed by atoms with E-state index >= 15 is 0 Å². The molecule has 1 rings (SSSR count). The van der Waals surface area contributed by atoms with Crippen molar-refractivity contribution < 1.29 is 13.2 Å². The van der Waals surface area contributed by atoms with E-state index in [1.165, 1.54) is 39.5 Å². The lowest BCUT2D eigenvalue weighted by Crippen LogP contribution is -2.67. The smallest absolute Gasteiger partial charge is 0.258 e. The van der Waals surface area contributed by atoms with Crippen LogP contribution in [0.3, 0.4) is 0 Å². The summed E-state index contributed by atoms with van der Waals surface area (Å²) in [6.45, 7) is 3.30. The normalized spacial score (nSPS) is 20.4. The molecule has 1 saturated heterocycles. The van der Waals surface area contributed by atoms with Crippen molar-refractivity contribution in [2.75, 3.05) is 12.3 Å². The number of hydrogen-bond acceptors (Lipinski definition) is 4. The summed E-state index contributed by atoms with van der Waals surface area (Å²) in [4.78, 5) is 11.7. The minimum atomic E-state index is -3.38. The van der Waals surface area contributed by atoms with Crippen LogP contribution >= 0.6 is 12.6 Å². The Morgan fingerprint density at radius 1 is 1.00 bits per heavy atom. The molecule has 112 valence electrons. The Bertz CT molecular complexity index is 404. The van der Waals surface area contributed by atoms with E-state index in [1.54, 1.807) is 0 Å². The van der Waals surface area contributed by atoms with Crippen LogP contribution in [0.4, 0.5) is 0 Å². The van der Waals surface area contributed by atoms with E-state index in [-0.39, 0.29) is 5.91 Å². The van der Waals surface area contributed by atoms with Crippen molar-refractivity contribution in [1.82, 2.24) is 4.31 Å². The lowest BCUT2D eigenvalue weighted by molar-refractivity contribution is -0.132. The molecule has 1 aliphatic rings. The van der Waals surface area contributed by atoms with Crippen molar-refractivity contribution in [3.63, 3.8) is 0 Å². The van der Waals surface area contributed by atoms with Crippen LogP contribution < -0.4 is 0 Å².